The number of hydrogen-bond acceptors (Lipinski definition) is 2. The minimum absolute atomic E-state index is 0.471. The number of anilines is 1. The fourth-order valence-electron chi connectivity index (χ4n) is 1.45. The van der Waals surface area contributed by atoms with Crippen molar-refractivity contribution in [1.82, 2.24) is 9.78 Å². The van der Waals surface area contributed by atoms with Crippen LogP contribution in [-0.4, -0.2) is 21.0 Å². The molecule has 2 rings (SSSR count). The van der Waals surface area contributed by atoms with Crippen molar-refractivity contribution in [3.05, 3.63) is 42.1 Å². The van der Waals surface area contributed by atoms with E-state index >= 15 is 0 Å². The quantitative estimate of drug-likeness (QED) is 0.810. The van der Waals surface area contributed by atoms with Gasteiger partial charge in [-0.1, -0.05) is 18.2 Å². The lowest BCUT2D eigenvalue weighted by Gasteiger charge is -2.07. The lowest BCUT2D eigenvalue weighted by Crippen LogP contribution is -2.12. The molecule has 0 spiro atoms. The molecule has 16 heavy (non-hydrogen) atoms. The number of nitrogens with one attached hydrogen (secondary N) is 1. The second-order valence-electron chi connectivity index (χ2n) is 3.35. The van der Waals surface area contributed by atoms with Gasteiger partial charge in [-0.05, 0) is 19.1 Å². The third kappa shape index (κ3) is 1.88. The second kappa shape index (κ2) is 4.06. The summed E-state index contributed by atoms with van der Waals surface area (Å²) in [6, 6.07) is 9.36. The molecule has 0 radical (unpaired) electrons. The maximum atomic E-state index is 10.7. The highest BCUT2D eigenvalue weighted by Gasteiger charge is 2.10. The molecular weight excluding hydrogens is 206 g/mol. The highest BCUT2D eigenvalue weighted by atomic mass is 16.4. The van der Waals surface area contributed by atoms with Gasteiger partial charge in [0, 0.05) is 5.56 Å². The van der Waals surface area contributed by atoms with Crippen molar-refractivity contribution >= 4 is 11.9 Å². The molecule has 0 saturated carbocycles. The Morgan fingerprint density at radius 1 is 1.38 bits per heavy atom. The van der Waals surface area contributed by atoms with Gasteiger partial charge in [0.2, 0.25) is 0 Å². The molecule has 0 fully saturated rings. The highest BCUT2D eigenvalue weighted by Crippen LogP contribution is 2.18. The molecule has 82 valence electrons. The molecule has 0 bridgehead atoms. The normalized spacial score (nSPS) is 10.1. The predicted octanol–water partition coefficient (Wildman–Crippen LogP) is 2.27. The fourth-order valence-corrected chi connectivity index (χ4v) is 1.45. The van der Waals surface area contributed by atoms with E-state index < -0.39 is 6.09 Å². The maximum Gasteiger partial charge on any atom is 0.410 e. The molecule has 1 aromatic heterocycles. The first-order chi connectivity index (χ1) is 7.68. The number of nitrogens with zero attached hydrogens (tertiary/aromatic N) is 2. The largest absolute Gasteiger partial charge is 0.465 e. The van der Waals surface area contributed by atoms with Crippen LogP contribution in [0.2, 0.25) is 0 Å². The Bertz CT molecular complexity index is 505. The highest BCUT2D eigenvalue weighted by molar-refractivity contribution is 5.83. The van der Waals surface area contributed by atoms with Crippen LogP contribution in [0, 0.1) is 6.92 Å². The van der Waals surface area contributed by atoms with Crippen LogP contribution in [0.15, 0.2) is 36.5 Å². The number of amides is 1. The van der Waals surface area contributed by atoms with Crippen LogP contribution >= 0.6 is 0 Å². The van der Waals surface area contributed by atoms with Crippen molar-refractivity contribution in [2.24, 2.45) is 0 Å². The van der Waals surface area contributed by atoms with Crippen molar-refractivity contribution in [2.75, 3.05) is 5.32 Å². The van der Waals surface area contributed by atoms with Crippen LogP contribution < -0.4 is 5.32 Å². The van der Waals surface area contributed by atoms with Crippen LogP contribution in [0.25, 0.3) is 5.69 Å². The van der Waals surface area contributed by atoms with Crippen molar-refractivity contribution in [3.8, 4) is 5.69 Å². The van der Waals surface area contributed by atoms with E-state index in [4.69, 9.17) is 5.11 Å². The minimum Gasteiger partial charge on any atom is -0.465 e. The Balaban J connectivity index is 2.46. The second-order valence-corrected chi connectivity index (χ2v) is 3.35. The molecule has 2 N–H and O–H groups in total. The number of aryl methyl sites for hydroxylation is 1. The van der Waals surface area contributed by atoms with Gasteiger partial charge in [-0.3, -0.25) is 5.32 Å². The Morgan fingerprint density at radius 2 is 2.06 bits per heavy atom. The molecule has 0 unspecified atom stereocenters. The van der Waals surface area contributed by atoms with Gasteiger partial charge in [-0.2, -0.15) is 5.10 Å². The molecule has 0 aliphatic carbocycles. The van der Waals surface area contributed by atoms with Crippen LogP contribution in [0.3, 0.4) is 0 Å². The zero-order chi connectivity index (χ0) is 11.5. The van der Waals surface area contributed by atoms with Crippen molar-refractivity contribution < 1.29 is 9.90 Å². The average Bonchev–Trinajstić information content (AvgIpc) is 2.61. The van der Waals surface area contributed by atoms with Gasteiger partial charge < -0.3 is 5.11 Å². The average molecular weight is 217 g/mol. The summed E-state index contributed by atoms with van der Waals surface area (Å²) in [6.45, 7) is 1.80. The molecule has 1 heterocycles. The minimum atomic E-state index is -1.10. The van der Waals surface area contributed by atoms with E-state index in [0.717, 1.165) is 11.3 Å². The third-order valence-electron chi connectivity index (χ3n) is 2.18. The van der Waals surface area contributed by atoms with Crippen molar-refractivity contribution in [1.29, 1.82) is 0 Å². The number of carbonyl (C=O) groups is 1. The fraction of sp³-hybridized carbons (Fsp3) is 0.0909. The first-order valence-electron chi connectivity index (χ1n) is 4.78. The van der Waals surface area contributed by atoms with Gasteiger partial charge in [-0.25, -0.2) is 9.48 Å². The Labute approximate surface area is 92.3 Å². The van der Waals surface area contributed by atoms with Crippen LogP contribution in [0.1, 0.15) is 5.56 Å². The summed E-state index contributed by atoms with van der Waals surface area (Å²) in [7, 11) is 0. The van der Waals surface area contributed by atoms with Gasteiger partial charge in [0.1, 0.15) is 5.82 Å². The molecular formula is C11H11N3O2. The summed E-state index contributed by atoms with van der Waals surface area (Å²) < 4.78 is 1.56. The summed E-state index contributed by atoms with van der Waals surface area (Å²) in [5.74, 6) is 0.471. The smallest absolute Gasteiger partial charge is 0.410 e. The molecule has 0 atom stereocenters. The zero-order valence-corrected chi connectivity index (χ0v) is 8.71. The lowest BCUT2D eigenvalue weighted by atomic mass is 10.3. The van der Waals surface area contributed by atoms with E-state index in [1.807, 2.05) is 30.3 Å². The lowest BCUT2D eigenvalue weighted by molar-refractivity contribution is 0.209. The van der Waals surface area contributed by atoms with E-state index in [-0.39, 0.29) is 0 Å². The summed E-state index contributed by atoms with van der Waals surface area (Å²) in [5, 5.41) is 15.2. The Hall–Kier alpha value is -2.30. The van der Waals surface area contributed by atoms with Gasteiger partial charge in [0.25, 0.3) is 0 Å². The number of rotatable bonds is 2. The maximum absolute atomic E-state index is 10.7. The first-order valence-corrected chi connectivity index (χ1v) is 4.78. The van der Waals surface area contributed by atoms with Crippen molar-refractivity contribution in [2.45, 2.75) is 6.92 Å². The van der Waals surface area contributed by atoms with Gasteiger partial charge in [0.15, 0.2) is 0 Å². The van der Waals surface area contributed by atoms with Crippen LogP contribution in [0.5, 0.6) is 0 Å². The number of para-hydroxylation sites is 1. The van der Waals surface area contributed by atoms with E-state index in [1.165, 1.54) is 0 Å². The van der Waals surface area contributed by atoms with Gasteiger partial charge in [-0.15, -0.1) is 0 Å². The molecule has 1 aromatic carbocycles. The molecule has 5 nitrogen and oxygen atoms in total. The summed E-state index contributed by atoms with van der Waals surface area (Å²) in [5.41, 5.74) is 1.60. The molecule has 5 heteroatoms. The zero-order valence-electron chi connectivity index (χ0n) is 8.71. The van der Waals surface area contributed by atoms with Gasteiger partial charge >= 0.3 is 6.09 Å². The van der Waals surface area contributed by atoms with Crippen LogP contribution in [-0.2, 0) is 0 Å². The van der Waals surface area contributed by atoms with Crippen molar-refractivity contribution in [3.63, 3.8) is 0 Å². The van der Waals surface area contributed by atoms with Crippen LogP contribution in [0.4, 0.5) is 10.6 Å². The molecule has 1 amide bonds. The molecule has 0 saturated heterocycles. The number of carboxylic acid groups (broad SMARTS) is 1. The number of aromatic nitrogens is 2. The third-order valence-corrected chi connectivity index (χ3v) is 2.18. The van der Waals surface area contributed by atoms with E-state index in [0.29, 0.717) is 5.82 Å². The van der Waals surface area contributed by atoms with E-state index in [9.17, 15) is 4.79 Å². The summed E-state index contributed by atoms with van der Waals surface area (Å²) in [6.07, 6.45) is 0.527. The van der Waals surface area contributed by atoms with E-state index in [1.54, 1.807) is 17.8 Å². The Morgan fingerprint density at radius 3 is 2.69 bits per heavy atom. The topological polar surface area (TPSA) is 67.2 Å². The molecule has 0 aliphatic rings. The SMILES string of the molecule is Cc1cnn(-c2ccccc2)c1NC(=O)O. The monoisotopic (exact) mass is 217 g/mol. The molecule has 0 aliphatic heterocycles. The van der Waals surface area contributed by atoms with Gasteiger partial charge in [0.05, 0.1) is 11.9 Å². The summed E-state index contributed by atoms with van der Waals surface area (Å²) in [4.78, 5) is 10.7. The Kier molecular flexibility index (Phi) is 2.59. The number of benzene rings is 1. The first kappa shape index (κ1) is 10.2. The molecule has 2 aromatic rings. The van der Waals surface area contributed by atoms with E-state index in [2.05, 4.69) is 10.4 Å². The summed E-state index contributed by atoms with van der Waals surface area (Å²) >= 11 is 0. The number of hydrogen-bond donors (Lipinski definition) is 2. The predicted molar refractivity (Wildman–Crippen MR) is 59.9 cm³/mol. The standard InChI is InChI=1S/C11H11N3O2/c1-8-7-12-14(10(8)13-11(15)16)9-5-3-2-4-6-9/h2-7,13H,1H3,(H,15,16).